The van der Waals surface area contributed by atoms with Gasteiger partial charge in [-0.1, -0.05) is 66.4 Å². The van der Waals surface area contributed by atoms with Crippen molar-refractivity contribution >= 4 is 23.6 Å². The average molecular weight is 417 g/mol. The summed E-state index contributed by atoms with van der Waals surface area (Å²) in [6.07, 6.45) is 0. The minimum Gasteiger partial charge on any atom is -0.452 e. The van der Waals surface area contributed by atoms with Crippen molar-refractivity contribution < 1.29 is 14.3 Å². The first kappa shape index (κ1) is 21.2. The maximum atomic E-state index is 12.6. The predicted molar refractivity (Wildman–Crippen MR) is 115 cm³/mol. The minimum absolute atomic E-state index is 0.192. The number of rotatable bonds is 7. The highest BCUT2D eigenvalue weighted by atomic mass is 32.2. The van der Waals surface area contributed by atoms with Gasteiger partial charge in [-0.05, 0) is 36.8 Å². The second-order valence-corrected chi connectivity index (χ2v) is 7.57. The molecule has 1 atom stereocenters. The molecule has 0 aromatic heterocycles. The smallest absolute Gasteiger partial charge is 0.339 e. The van der Waals surface area contributed by atoms with E-state index in [9.17, 15) is 14.9 Å². The third-order valence-electron chi connectivity index (χ3n) is 4.35. The summed E-state index contributed by atoms with van der Waals surface area (Å²) in [6, 6.07) is 25.6. The molecule has 30 heavy (non-hydrogen) atoms. The minimum atomic E-state index is -0.588. The van der Waals surface area contributed by atoms with E-state index in [0.29, 0.717) is 16.0 Å². The van der Waals surface area contributed by atoms with E-state index in [1.807, 2.05) is 55.5 Å². The number of benzene rings is 3. The third-order valence-corrected chi connectivity index (χ3v) is 5.50. The van der Waals surface area contributed by atoms with Crippen molar-refractivity contribution in [2.75, 3.05) is 6.61 Å². The Morgan fingerprint density at radius 3 is 2.33 bits per heavy atom. The number of hydrogen-bond donors (Lipinski definition) is 1. The summed E-state index contributed by atoms with van der Waals surface area (Å²) >= 11 is 1.31. The van der Waals surface area contributed by atoms with Crippen LogP contribution in [0.2, 0.25) is 0 Å². The second-order valence-electron chi connectivity index (χ2n) is 6.48. The Morgan fingerprint density at radius 1 is 0.967 bits per heavy atom. The lowest BCUT2D eigenvalue weighted by molar-refractivity contribution is -0.124. The zero-order valence-corrected chi connectivity index (χ0v) is 17.2. The van der Waals surface area contributed by atoms with Gasteiger partial charge in [-0.15, -0.1) is 0 Å². The van der Waals surface area contributed by atoms with Crippen LogP contribution in [0.4, 0.5) is 0 Å². The molecule has 150 valence electrons. The van der Waals surface area contributed by atoms with Gasteiger partial charge >= 0.3 is 5.97 Å². The number of hydrogen-bond acceptors (Lipinski definition) is 5. The molecule has 5 nitrogen and oxygen atoms in total. The van der Waals surface area contributed by atoms with E-state index in [4.69, 9.17) is 4.74 Å². The molecule has 0 aliphatic carbocycles. The van der Waals surface area contributed by atoms with Crippen LogP contribution >= 0.6 is 11.8 Å². The number of esters is 1. The fourth-order valence-corrected chi connectivity index (χ4v) is 3.82. The molecule has 0 spiro atoms. The van der Waals surface area contributed by atoms with Crippen LogP contribution in [-0.4, -0.2) is 18.5 Å². The lowest BCUT2D eigenvalue weighted by Crippen LogP contribution is -2.31. The van der Waals surface area contributed by atoms with Gasteiger partial charge in [-0.3, -0.25) is 4.79 Å². The molecule has 0 saturated heterocycles. The van der Waals surface area contributed by atoms with Gasteiger partial charge in [0.2, 0.25) is 0 Å². The highest BCUT2D eigenvalue weighted by Gasteiger charge is 2.17. The number of carbonyl (C=O) groups is 2. The van der Waals surface area contributed by atoms with E-state index in [2.05, 4.69) is 11.4 Å². The zero-order chi connectivity index (χ0) is 21.3. The van der Waals surface area contributed by atoms with Crippen LogP contribution in [0.5, 0.6) is 0 Å². The normalized spacial score (nSPS) is 11.2. The van der Waals surface area contributed by atoms with Gasteiger partial charge in [0.15, 0.2) is 6.61 Å². The zero-order valence-electron chi connectivity index (χ0n) is 16.4. The molecule has 0 saturated carbocycles. The Labute approximate surface area is 179 Å². The molecule has 3 aromatic rings. The molecule has 1 N–H and O–H groups in total. The highest BCUT2D eigenvalue weighted by Crippen LogP contribution is 2.32. The Kier molecular flexibility index (Phi) is 7.25. The first-order chi connectivity index (χ1) is 14.6. The lowest BCUT2D eigenvalue weighted by Gasteiger charge is -2.14. The number of nitrogens with one attached hydrogen (secondary N) is 1. The van der Waals surface area contributed by atoms with Gasteiger partial charge in [0, 0.05) is 9.79 Å². The summed E-state index contributed by atoms with van der Waals surface area (Å²) in [5.41, 5.74) is 1.84. The molecule has 1 amide bonds. The van der Waals surface area contributed by atoms with Crippen LogP contribution < -0.4 is 5.32 Å². The Balaban J connectivity index is 1.63. The van der Waals surface area contributed by atoms with Crippen molar-refractivity contribution in [1.29, 1.82) is 5.26 Å². The predicted octanol–water partition coefficient (Wildman–Crippen LogP) is 4.74. The van der Waals surface area contributed by atoms with Crippen LogP contribution in [-0.2, 0) is 9.53 Å². The Bertz CT molecular complexity index is 1080. The van der Waals surface area contributed by atoms with Crippen LogP contribution in [0.25, 0.3) is 0 Å². The van der Waals surface area contributed by atoms with Gasteiger partial charge in [0.25, 0.3) is 5.91 Å². The monoisotopic (exact) mass is 416 g/mol. The summed E-state index contributed by atoms with van der Waals surface area (Å²) in [6.45, 7) is 1.50. The first-order valence-electron chi connectivity index (χ1n) is 9.36. The molecule has 0 radical (unpaired) electrons. The van der Waals surface area contributed by atoms with Crippen LogP contribution in [0.3, 0.4) is 0 Å². The van der Waals surface area contributed by atoms with Gasteiger partial charge in [-0.25, -0.2) is 4.79 Å². The van der Waals surface area contributed by atoms with E-state index in [-0.39, 0.29) is 18.6 Å². The maximum absolute atomic E-state index is 12.6. The van der Waals surface area contributed by atoms with Crippen LogP contribution in [0.1, 0.15) is 34.5 Å². The molecule has 0 aliphatic heterocycles. The SMILES string of the molecule is CC(NC(=O)COC(=O)c1ccccc1Sc1ccccc1C#N)c1ccccc1. The van der Waals surface area contributed by atoms with Gasteiger partial charge < -0.3 is 10.1 Å². The van der Waals surface area contributed by atoms with Crippen molar-refractivity contribution in [3.63, 3.8) is 0 Å². The number of nitriles is 1. The summed E-state index contributed by atoms with van der Waals surface area (Å²) in [7, 11) is 0. The Morgan fingerprint density at radius 2 is 1.60 bits per heavy atom. The van der Waals surface area contributed by atoms with Gasteiger partial charge in [0.05, 0.1) is 17.2 Å². The molecule has 0 bridgehead atoms. The summed E-state index contributed by atoms with van der Waals surface area (Å²) in [4.78, 5) is 26.2. The molecule has 0 fully saturated rings. The van der Waals surface area contributed by atoms with Crippen molar-refractivity contribution in [1.82, 2.24) is 5.32 Å². The van der Waals surface area contributed by atoms with Crippen LogP contribution in [0, 0.1) is 11.3 Å². The lowest BCUT2D eigenvalue weighted by atomic mass is 10.1. The van der Waals surface area contributed by atoms with E-state index in [0.717, 1.165) is 10.5 Å². The molecule has 0 aliphatic rings. The standard InChI is InChI=1S/C24H20N2O3S/c1-17(18-9-3-2-4-10-18)26-23(27)16-29-24(28)20-12-6-8-14-22(20)30-21-13-7-5-11-19(21)15-25/h2-14,17H,16H2,1H3,(H,26,27). The van der Waals surface area contributed by atoms with Crippen LogP contribution in [0.15, 0.2) is 88.7 Å². The fourth-order valence-electron chi connectivity index (χ4n) is 2.81. The topological polar surface area (TPSA) is 79.2 Å². The average Bonchev–Trinajstić information content (AvgIpc) is 2.78. The third kappa shape index (κ3) is 5.49. The second kappa shape index (κ2) is 10.3. The first-order valence-corrected chi connectivity index (χ1v) is 10.2. The summed E-state index contributed by atoms with van der Waals surface area (Å²) in [5, 5.41) is 12.1. The number of ether oxygens (including phenoxy) is 1. The van der Waals surface area contributed by atoms with Crippen molar-refractivity contribution in [3.8, 4) is 6.07 Å². The van der Waals surface area contributed by atoms with Gasteiger partial charge in [-0.2, -0.15) is 5.26 Å². The van der Waals surface area contributed by atoms with E-state index in [1.165, 1.54) is 11.8 Å². The molecular weight excluding hydrogens is 396 g/mol. The molecule has 6 heteroatoms. The maximum Gasteiger partial charge on any atom is 0.339 e. The van der Waals surface area contributed by atoms with Crippen molar-refractivity contribution in [3.05, 3.63) is 95.6 Å². The van der Waals surface area contributed by atoms with E-state index >= 15 is 0 Å². The molecular formula is C24H20N2O3S. The molecule has 0 heterocycles. The van der Waals surface area contributed by atoms with E-state index in [1.54, 1.807) is 30.3 Å². The Hall–Kier alpha value is -3.56. The fraction of sp³-hybridized carbons (Fsp3) is 0.125. The molecule has 3 rings (SSSR count). The highest BCUT2D eigenvalue weighted by molar-refractivity contribution is 7.99. The molecule has 3 aromatic carbocycles. The largest absolute Gasteiger partial charge is 0.452 e. The van der Waals surface area contributed by atoms with Crippen molar-refractivity contribution in [2.24, 2.45) is 0 Å². The van der Waals surface area contributed by atoms with E-state index < -0.39 is 5.97 Å². The van der Waals surface area contributed by atoms with Gasteiger partial charge in [0.1, 0.15) is 6.07 Å². The number of carbonyl (C=O) groups excluding carboxylic acids is 2. The quantitative estimate of drug-likeness (QED) is 0.563. The molecule has 1 unspecified atom stereocenters. The van der Waals surface area contributed by atoms with Crippen molar-refractivity contribution in [2.45, 2.75) is 22.8 Å². The number of amides is 1. The summed E-state index contributed by atoms with van der Waals surface area (Å²) in [5.74, 6) is -0.963. The summed E-state index contributed by atoms with van der Waals surface area (Å²) < 4.78 is 5.23. The number of nitrogens with zero attached hydrogens (tertiary/aromatic N) is 1.